The number of nitrogens with zero attached hydrogens (tertiary/aromatic N) is 1. The summed E-state index contributed by atoms with van der Waals surface area (Å²) in [6.45, 7) is 11.3. The standard InChI is InChI=1S/C18H24BrNO2.C2H6/c1-17(2,3)22-16(21)20-10-8-18(9-11-20)7-6-13-4-5-14(19)12-15(13)18;1-2/h4-5,12H,6-11H2,1-3H3;1-2H3. The van der Waals surface area contributed by atoms with Gasteiger partial charge in [0.05, 0.1) is 0 Å². The number of rotatable bonds is 0. The number of halogens is 1. The van der Waals surface area contributed by atoms with Gasteiger partial charge in [0.15, 0.2) is 0 Å². The van der Waals surface area contributed by atoms with Gasteiger partial charge in [0.25, 0.3) is 0 Å². The maximum absolute atomic E-state index is 12.2. The Balaban J connectivity index is 0.00000100. The van der Waals surface area contributed by atoms with Crippen LogP contribution in [-0.4, -0.2) is 29.7 Å². The molecule has 0 radical (unpaired) electrons. The van der Waals surface area contributed by atoms with Gasteiger partial charge in [-0.2, -0.15) is 0 Å². The smallest absolute Gasteiger partial charge is 0.410 e. The quantitative estimate of drug-likeness (QED) is 0.564. The van der Waals surface area contributed by atoms with E-state index in [1.807, 2.05) is 39.5 Å². The average Bonchev–Trinajstić information content (AvgIpc) is 2.86. The molecule has 3 nitrogen and oxygen atoms in total. The zero-order chi connectivity index (χ0) is 18.0. The lowest BCUT2D eigenvalue weighted by Gasteiger charge is -2.40. The monoisotopic (exact) mass is 395 g/mol. The van der Waals surface area contributed by atoms with Crippen molar-refractivity contribution in [3.63, 3.8) is 0 Å². The lowest BCUT2D eigenvalue weighted by atomic mass is 9.74. The van der Waals surface area contributed by atoms with E-state index in [2.05, 4.69) is 34.1 Å². The molecule has 1 saturated heterocycles. The largest absolute Gasteiger partial charge is 0.444 e. The van der Waals surface area contributed by atoms with Gasteiger partial charge in [-0.25, -0.2) is 4.79 Å². The molecule has 4 heteroatoms. The van der Waals surface area contributed by atoms with E-state index >= 15 is 0 Å². The van der Waals surface area contributed by atoms with Crippen LogP contribution in [0.1, 0.15) is 65.0 Å². The highest BCUT2D eigenvalue weighted by molar-refractivity contribution is 9.10. The van der Waals surface area contributed by atoms with E-state index in [1.54, 1.807) is 0 Å². The second kappa shape index (κ2) is 7.47. The lowest BCUT2D eigenvalue weighted by molar-refractivity contribution is 0.0164. The molecule has 0 saturated carbocycles. The third-order valence-electron chi connectivity index (χ3n) is 4.89. The Bertz CT molecular complexity index is 584. The van der Waals surface area contributed by atoms with E-state index < -0.39 is 5.60 Å². The molecule has 0 N–H and O–H groups in total. The average molecular weight is 396 g/mol. The van der Waals surface area contributed by atoms with Crippen molar-refractivity contribution in [1.29, 1.82) is 0 Å². The molecular weight excluding hydrogens is 366 g/mol. The fraction of sp³-hybridized carbons (Fsp3) is 0.650. The van der Waals surface area contributed by atoms with Crippen molar-refractivity contribution in [3.8, 4) is 0 Å². The summed E-state index contributed by atoms with van der Waals surface area (Å²) in [5.74, 6) is 0. The Kier molecular flexibility index (Phi) is 6.00. The van der Waals surface area contributed by atoms with Crippen molar-refractivity contribution < 1.29 is 9.53 Å². The van der Waals surface area contributed by atoms with Gasteiger partial charge in [-0.3, -0.25) is 0 Å². The van der Waals surface area contributed by atoms with Crippen molar-refractivity contribution in [2.75, 3.05) is 13.1 Å². The summed E-state index contributed by atoms with van der Waals surface area (Å²) in [6, 6.07) is 6.66. The number of aryl methyl sites for hydroxylation is 1. The predicted octanol–water partition coefficient (Wildman–Crippen LogP) is 5.69. The number of ether oxygens (including phenoxy) is 1. The van der Waals surface area contributed by atoms with Crippen molar-refractivity contribution >= 4 is 22.0 Å². The highest BCUT2D eigenvalue weighted by atomic mass is 79.9. The second-order valence-corrected chi connectivity index (χ2v) is 8.46. The first-order valence-electron chi connectivity index (χ1n) is 9.06. The molecule has 0 atom stereocenters. The summed E-state index contributed by atoms with van der Waals surface area (Å²) in [5.41, 5.74) is 2.81. The normalized spacial score (nSPS) is 18.7. The third kappa shape index (κ3) is 4.14. The van der Waals surface area contributed by atoms with Crippen molar-refractivity contribution in [1.82, 2.24) is 4.90 Å². The van der Waals surface area contributed by atoms with Crippen molar-refractivity contribution in [3.05, 3.63) is 33.8 Å². The number of carbonyl (C=O) groups is 1. The molecule has 134 valence electrons. The number of amides is 1. The van der Waals surface area contributed by atoms with Crippen LogP contribution in [0.4, 0.5) is 4.79 Å². The fourth-order valence-corrected chi connectivity index (χ4v) is 4.09. The molecule has 1 aliphatic carbocycles. The van der Waals surface area contributed by atoms with Gasteiger partial charge in [0.2, 0.25) is 0 Å². The third-order valence-corrected chi connectivity index (χ3v) is 5.38. The number of hydrogen-bond donors (Lipinski definition) is 0. The number of likely N-dealkylation sites (tertiary alicyclic amines) is 1. The summed E-state index contributed by atoms with van der Waals surface area (Å²) in [4.78, 5) is 14.1. The lowest BCUT2D eigenvalue weighted by Crippen LogP contribution is -2.46. The van der Waals surface area contributed by atoms with Crippen LogP contribution in [0.25, 0.3) is 0 Å². The molecule has 1 spiro atoms. The second-order valence-electron chi connectivity index (χ2n) is 7.55. The fourth-order valence-electron chi connectivity index (χ4n) is 3.73. The molecule has 3 rings (SSSR count). The first-order valence-corrected chi connectivity index (χ1v) is 9.85. The van der Waals surface area contributed by atoms with Crippen LogP contribution < -0.4 is 0 Å². The molecule has 24 heavy (non-hydrogen) atoms. The van der Waals surface area contributed by atoms with E-state index in [-0.39, 0.29) is 11.5 Å². The van der Waals surface area contributed by atoms with Gasteiger partial charge in [-0.05, 0) is 75.1 Å². The maximum atomic E-state index is 12.2. The Labute approximate surface area is 154 Å². The Morgan fingerprint density at radius 3 is 2.38 bits per heavy atom. The van der Waals surface area contributed by atoms with Gasteiger partial charge >= 0.3 is 6.09 Å². The van der Waals surface area contributed by atoms with Crippen LogP contribution in [0.3, 0.4) is 0 Å². The molecule has 1 aromatic carbocycles. The van der Waals surface area contributed by atoms with Crippen molar-refractivity contribution in [2.45, 2.75) is 71.3 Å². The number of hydrogen-bond acceptors (Lipinski definition) is 2. The van der Waals surface area contributed by atoms with E-state index in [1.165, 1.54) is 17.5 Å². The van der Waals surface area contributed by atoms with E-state index in [9.17, 15) is 4.79 Å². The summed E-state index contributed by atoms with van der Waals surface area (Å²) in [6.07, 6.45) is 4.27. The molecule has 1 aliphatic heterocycles. The zero-order valence-corrected chi connectivity index (χ0v) is 17.2. The Morgan fingerprint density at radius 1 is 1.17 bits per heavy atom. The number of benzene rings is 1. The predicted molar refractivity (Wildman–Crippen MR) is 103 cm³/mol. The van der Waals surface area contributed by atoms with Crippen LogP contribution in [0, 0.1) is 0 Å². The molecular formula is C20H30BrNO2. The van der Waals surface area contributed by atoms with Gasteiger partial charge in [-0.15, -0.1) is 0 Å². The van der Waals surface area contributed by atoms with Crippen molar-refractivity contribution in [2.24, 2.45) is 0 Å². The molecule has 1 fully saturated rings. The Hall–Kier alpha value is -1.03. The number of fused-ring (bicyclic) bond motifs is 2. The van der Waals surface area contributed by atoms with E-state index in [0.717, 1.165) is 36.8 Å². The number of piperidine rings is 1. The molecule has 0 aromatic heterocycles. The summed E-state index contributed by atoms with van der Waals surface area (Å²) in [7, 11) is 0. The van der Waals surface area contributed by atoms with Gasteiger partial charge in [0.1, 0.15) is 5.60 Å². The molecule has 1 amide bonds. The molecule has 0 bridgehead atoms. The van der Waals surface area contributed by atoms with Crippen LogP contribution in [0.5, 0.6) is 0 Å². The molecule has 1 aromatic rings. The summed E-state index contributed by atoms with van der Waals surface area (Å²) in [5, 5.41) is 0. The Morgan fingerprint density at radius 2 is 1.79 bits per heavy atom. The van der Waals surface area contributed by atoms with E-state index in [0.29, 0.717) is 0 Å². The summed E-state index contributed by atoms with van der Waals surface area (Å²) >= 11 is 3.60. The SMILES string of the molecule is CC.CC(C)(C)OC(=O)N1CCC2(CCc3ccc(Br)cc32)CC1. The van der Waals surface area contributed by atoms with Crippen LogP contribution >= 0.6 is 15.9 Å². The van der Waals surface area contributed by atoms with Gasteiger partial charge < -0.3 is 9.64 Å². The van der Waals surface area contributed by atoms with Gasteiger partial charge in [0, 0.05) is 17.6 Å². The highest BCUT2D eigenvalue weighted by Crippen LogP contribution is 2.47. The number of carbonyl (C=O) groups excluding carboxylic acids is 1. The minimum Gasteiger partial charge on any atom is -0.444 e. The first kappa shape index (κ1) is 19.3. The van der Waals surface area contributed by atoms with E-state index in [4.69, 9.17) is 4.74 Å². The molecule has 1 heterocycles. The topological polar surface area (TPSA) is 29.5 Å². The zero-order valence-electron chi connectivity index (χ0n) is 15.6. The summed E-state index contributed by atoms with van der Waals surface area (Å²) < 4.78 is 6.65. The molecule has 2 aliphatic rings. The molecule has 0 unspecified atom stereocenters. The van der Waals surface area contributed by atoms with Crippen LogP contribution in [0.2, 0.25) is 0 Å². The van der Waals surface area contributed by atoms with Gasteiger partial charge in [-0.1, -0.05) is 35.8 Å². The van der Waals surface area contributed by atoms with Crippen LogP contribution in [-0.2, 0) is 16.6 Å². The minimum atomic E-state index is -0.420. The van der Waals surface area contributed by atoms with Crippen LogP contribution in [0.15, 0.2) is 22.7 Å². The maximum Gasteiger partial charge on any atom is 0.410 e. The minimum absolute atomic E-state index is 0.171. The highest BCUT2D eigenvalue weighted by Gasteiger charge is 2.42. The first-order chi connectivity index (χ1) is 11.3.